The standard InChI is InChI=1S/C16H10BrN3/c17-12-7-5-11(6-8-12)15-9-10-18-16-13-3-1-2-4-14(13)19-20(15)16/h1-10H. The van der Waals surface area contributed by atoms with Gasteiger partial charge in [0.15, 0.2) is 5.65 Å². The normalized spacial score (nSPS) is 11.2. The molecule has 0 N–H and O–H groups in total. The van der Waals surface area contributed by atoms with Crippen LogP contribution in [0.2, 0.25) is 0 Å². The Kier molecular flexibility index (Phi) is 2.57. The van der Waals surface area contributed by atoms with Gasteiger partial charge in [-0.15, -0.1) is 0 Å². The summed E-state index contributed by atoms with van der Waals surface area (Å²) in [6.45, 7) is 0. The van der Waals surface area contributed by atoms with Crippen molar-refractivity contribution in [3.63, 3.8) is 0 Å². The lowest BCUT2D eigenvalue weighted by Crippen LogP contribution is -1.95. The van der Waals surface area contributed by atoms with Crippen LogP contribution in [0.1, 0.15) is 0 Å². The molecule has 0 saturated heterocycles. The molecule has 0 radical (unpaired) electrons. The van der Waals surface area contributed by atoms with Crippen molar-refractivity contribution < 1.29 is 0 Å². The van der Waals surface area contributed by atoms with E-state index in [4.69, 9.17) is 0 Å². The van der Waals surface area contributed by atoms with Gasteiger partial charge < -0.3 is 0 Å². The number of aromatic nitrogens is 3. The third-order valence-corrected chi connectivity index (χ3v) is 3.88. The highest BCUT2D eigenvalue weighted by Gasteiger charge is 2.09. The molecular formula is C16H10BrN3. The summed E-state index contributed by atoms with van der Waals surface area (Å²) >= 11 is 3.46. The molecule has 4 rings (SSSR count). The van der Waals surface area contributed by atoms with E-state index in [1.807, 2.05) is 47.1 Å². The van der Waals surface area contributed by atoms with Crippen molar-refractivity contribution in [3.8, 4) is 11.3 Å². The molecule has 0 atom stereocenters. The molecule has 0 saturated carbocycles. The van der Waals surface area contributed by atoms with Gasteiger partial charge in [0.1, 0.15) is 0 Å². The van der Waals surface area contributed by atoms with Crippen molar-refractivity contribution in [2.45, 2.75) is 0 Å². The lowest BCUT2D eigenvalue weighted by molar-refractivity contribution is 0.965. The number of halogens is 1. The van der Waals surface area contributed by atoms with E-state index in [-0.39, 0.29) is 0 Å². The molecule has 0 aliphatic carbocycles. The lowest BCUT2D eigenvalue weighted by atomic mass is 10.1. The van der Waals surface area contributed by atoms with Crippen LogP contribution in [0, 0.1) is 0 Å². The minimum absolute atomic E-state index is 0.890. The fourth-order valence-electron chi connectivity index (χ4n) is 2.40. The first-order valence-corrected chi connectivity index (χ1v) is 7.11. The Morgan fingerprint density at radius 1 is 0.900 bits per heavy atom. The number of hydrogen-bond donors (Lipinski definition) is 0. The van der Waals surface area contributed by atoms with Crippen LogP contribution in [0.4, 0.5) is 0 Å². The van der Waals surface area contributed by atoms with Crippen LogP contribution in [0.15, 0.2) is 65.3 Å². The molecular weight excluding hydrogens is 314 g/mol. The van der Waals surface area contributed by atoms with Gasteiger partial charge in [0, 0.05) is 21.6 Å². The second kappa shape index (κ2) is 4.42. The van der Waals surface area contributed by atoms with E-state index in [0.29, 0.717) is 0 Å². The summed E-state index contributed by atoms with van der Waals surface area (Å²) in [4.78, 5) is 4.46. The maximum absolute atomic E-state index is 4.66. The third-order valence-electron chi connectivity index (χ3n) is 3.35. The average Bonchev–Trinajstić information content (AvgIpc) is 2.87. The molecule has 3 nitrogen and oxygen atoms in total. The van der Waals surface area contributed by atoms with Gasteiger partial charge in [-0.3, -0.25) is 0 Å². The summed E-state index contributed by atoms with van der Waals surface area (Å²) in [5, 5.41) is 5.73. The first kappa shape index (κ1) is 11.6. The van der Waals surface area contributed by atoms with Crippen molar-refractivity contribution in [1.29, 1.82) is 0 Å². The van der Waals surface area contributed by atoms with Crippen molar-refractivity contribution in [3.05, 3.63) is 65.3 Å². The van der Waals surface area contributed by atoms with E-state index in [9.17, 15) is 0 Å². The molecule has 4 heteroatoms. The molecule has 2 heterocycles. The molecule has 0 aliphatic heterocycles. The highest BCUT2D eigenvalue weighted by molar-refractivity contribution is 9.10. The Bertz CT molecular complexity index is 910. The maximum Gasteiger partial charge on any atom is 0.163 e. The second-order valence-electron chi connectivity index (χ2n) is 4.59. The first-order valence-electron chi connectivity index (χ1n) is 6.31. The molecule has 2 aromatic carbocycles. The zero-order chi connectivity index (χ0) is 13.5. The Labute approximate surface area is 124 Å². The summed E-state index contributed by atoms with van der Waals surface area (Å²) < 4.78 is 2.98. The zero-order valence-corrected chi connectivity index (χ0v) is 12.1. The molecule has 0 spiro atoms. The highest BCUT2D eigenvalue weighted by atomic mass is 79.9. The van der Waals surface area contributed by atoms with Crippen molar-refractivity contribution in [2.24, 2.45) is 0 Å². The van der Waals surface area contributed by atoms with E-state index in [0.717, 1.165) is 32.3 Å². The number of nitrogens with zero attached hydrogens (tertiary/aromatic N) is 3. The van der Waals surface area contributed by atoms with Gasteiger partial charge >= 0.3 is 0 Å². The van der Waals surface area contributed by atoms with Gasteiger partial charge in [0.05, 0.1) is 11.2 Å². The summed E-state index contributed by atoms with van der Waals surface area (Å²) in [6.07, 6.45) is 1.83. The second-order valence-corrected chi connectivity index (χ2v) is 5.51. The predicted molar refractivity (Wildman–Crippen MR) is 83.6 cm³/mol. The van der Waals surface area contributed by atoms with Crippen LogP contribution in [0.25, 0.3) is 27.8 Å². The van der Waals surface area contributed by atoms with Gasteiger partial charge in [-0.25, -0.2) is 9.50 Å². The van der Waals surface area contributed by atoms with Crippen LogP contribution in [0.5, 0.6) is 0 Å². The van der Waals surface area contributed by atoms with Gasteiger partial charge in [-0.1, -0.05) is 40.2 Å². The van der Waals surface area contributed by atoms with Gasteiger partial charge in [0.2, 0.25) is 0 Å². The Hall–Kier alpha value is -2.20. The van der Waals surface area contributed by atoms with E-state index in [1.165, 1.54) is 0 Å². The molecule has 0 aliphatic rings. The fraction of sp³-hybridized carbons (Fsp3) is 0. The monoisotopic (exact) mass is 323 g/mol. The number of rotatable bonds is 1. The van der Waals surface area contributed by atoms with Gasteiger partial charge in [-0.2, -0.15) is 5.10 Å². The smallest absolute Gasteiger partial charge is 0.163 e. The van der Waals surface area contributed by atoms with Crippen LogP contribution >= 0.6 is 15.9 Å². The highest BCUT2D eigenvalue weighted by Crippen LogP contribution is 2.25. The van der Waals surface area contributed by atoms with Crippen LogP contribution < -0.4 is 0 Å². The quantitative estimate of drug-likeness (QED) is 0.522. The Morgan fingerprint density at radius 3 is 2.55 bits per heavy atom. The lowest BCUT2D eigenvalue weighted by Gasteiger charge is -2.04. The average molecular weight is 324 g/mol. The maximum atomic E-state index is 4.66. The van der Waals surface area contributed by atoms with Crippen molar-refractivity contribution in [2.75, 3.05) is 0 Å². The minimum atomic E-state index is 0.890. The predicted octanol–water partition coefficient (Wildman–Crippen LogP) is 4.31. The largest absolute Gasteiger partial charge is 0.236 e. The number of hydrogen-bond acceptors (Lipinski definition) is 2. The molecule has 0 bridgehead atoms. The number of fused-ring (bicyclic) bond motifs is 3. The SMILES string of the molecule is Brc1ccc(-c2ccnc3c4ccccc4nn23)cc1. The first-order chi connectivity index (χ1) is 9.83. The third kappa shape index (κ3) is 1.72. The van der Waals surface area contributed by atoms with E-state index in [1.54, 1.807) is 0 Å². The molecule has 0 fully saturated rings. The summed E-state index contributed by atoms with van der Waals surface area (Å²) in [5.74, 6) is 0. The molecule has 96 valence electrons. The van der Waals surface area contributed by atoms with Crippen molar-refractivity contribution in [1.82, 2.24) is 14.6 Å². The zero-order valence-electron chi connectivity index (χ0n) is 10.5. The summed E-state index contributed by atoms with van der Waals surface area (Å²) in [6, 6.07) is 18.3. The van der Waals surface area contributed by atoms with E-state index < -0.39 is 0 Å². The van der Waals surface area contributed by atoms with Gasteiger partial charge in [-0.05, 0) is 30.3 Å². The molecule has 2 aromatic heterocycles. The molecule has 20 heavy (non-hydrogen) atoms. The minimum Gasteiger partial charge on any atom is -0.236 e. The molecule has 0 unspecified atom stereocenters. The molecule has 0 amide bonds. The van der Waals surface area contributed by atoms with Gasteiger partial charge in [0.25, 0.3) is 0 Å². The summed E-state index contributed by atoms with van der Waals surface area (Å²) in [7, 11) is 0. The van der Waals surface area contributed by atoms with Crippen LogP contribution in [0.3, 0.4) is 0 Å². The van der Waals surface area contributed by atoms with Crippen LogP contribution in [-0.4, -0.2) is 14.6 Å². The molecule has 4 aromatic rings. The summed E-state index contributed by atoms with van der Waals surface area (Å²) in [5.41, 5.74) is 4.01. The topological polar surface area (TPSA) is 30.2 Å². The van der Waals surface area contributed by atoms with Crippen LogP contribution in [-0.2, 0) is 0 Å². The fourth-order valence-corrected chi connectivity index (χ4v) is 2.66. The Balaban J connectivity index is 2.07. The van der Waals surface area contributed by atoms with E-state index >= 15 is 0 Å². The van der Waals surface area contributed by atoms with E-state index in [2.05, 4.69) is 44.2 Å². The van der Waals surface area contributed by atoms with Crippen molar-refractivity contribution >= 4 is 32.5 Å². The number of benzene rings is 2. The Morgan fingerprint density at radius 2 is 1.70 bits per heavy atom.